The third-order valence-electron chi connectivity index (χ3n) is 3.30. The Morgan fingerprint density at radius 3 is 2.58 bits per heavy atom. The minimum atomic E-state index is -2.87. The van der Waals surface area contributed by atoms with Gasteiger partial charge in [0.15, 0.2) is 9.84 Å². The molecule has 1 saturated heterocycles. The molecule has 1 aliphatic heterocycles. The van der Waals surface area contributed by atoms with Gasteiger partial charge in [-0.25, -0.2) is 18.4 Å². The Morgan fingerprint density at radius 2 is 2.00 bits per heavy atom. The highest BCUT2D eigenvalue weighted by Gasteiger charge is 2.24. The van der Waals surface area contributed by atoms with Crippen molar-refractivity contribution in [3.8, 4) is 0 Å². The molecule has 0 unspecified atom stereocenters. The average Bonchev–Trinajstić information content (AvgIpc) is 2.40. The fourth-order valence-corrected chi connectivity index (χ4v) is 3.50. The first-order valence-electron chi connectivity index (χ1n) is 6.54. The SMILES string of the molecule is CCCc1c(NC)ncnc1N1CCS(=O)(=O)CC1. The van der Waals surface area contributed by atoms with Gasteiger partial charge in [0, 0.05) is 25.7 Å². The molecule has 0 saturated carbocycles. The van der Waals surface area contributed by atoms with E-state index in [0.717, 1.165) is 30.0 Å². The van der Waals surface area contributed by atoms with Crippen LogP contribution in [0.1, 0.15) is 18.9 Å². The van der Waals surface area contributed by atoms with Gasteiger partial charge in [-0.2, -0.15) is 0 Å². The van der Waals surface area contributed by atoms with Crippen molar-refractivity contribution in [2.75, 3.05) is 41.9 Å². The van der Waals surface area contributed by atoms with Gasteiger partial charge in [-0.1, -0.05) is 13.3 Å². The summed E-state index contributed by atoms with van der Waals surface area (Å²) >= 11 is 0. The quantitative estimate of drug-likeness (QED) is 0.877. The van der Waals surface area contributed by atoms with Crippen LogP contribution in [0.3, 0.4) is 0 Å². The summed E-state index contributed by atoms with van der Waals surface area (Å²) in [6.07, 6.45) is 3.42. The Hall–Kier alpha value is -1.37. The summed E-state index contributed by atoms with van der Waals surface area (Å²) in [6, 6.07) is 0. The van der Waals surface area contributed by atoms with Crippen molar-refractivity contribution >= 4 is 21.5 Å². The van der Waals surface area contributed by atoms with Gasteiger partial charge in [-0.05, 0) is 6.42 Å². The Balaban J connectivity index is 2.29. The highest BCUT2D eigenvalue weighted by molar-refractivity contribution is 7.91. The number of anilines is 2. The van der Waals surface area contributed by atoms with Crippen LogP contribution in [0.4, 0.5) is 11.6 Å². The van der Waals surface area contributed by atoms with Gasteiger partial charge in [-0.3, -0.25) is 0 Å². The summed E-state index contributed by atoms with van der Waals surface area (Å²) in [4.78, 5) is 10.6. The van der Waals surface area contributed by atoms with Crippen molar-refractivity contribution in [1.82, 2.24) is 9.97 Å². The normalized spacial score (nSPS) is 18.3. The topological polar surface area (TPSA) is 75.2 Å². The Kier molecular flexibility index (Phi) is 4.24. The summed E-state index contributed by atoms with van der Waals surface area (Å²) in [7, 11) is -1.03. The molecule has 0 bridgehead atoms. The van der Waals surface area contributed by atoms with Crippen molar-refractivity contribution in [1.29, 1.82) is 0 Å². The number of nitrogens with one attached hydrogen (secondary N) is 1. The van der Waals surface area contributed by atoms with Crippen molar-refractivity contribution < 1.29 is 8.42 Å². The second kappa shape index (κ2) is 5.73. The fourth-order valence-electron chi connectivity index (χ4n) is 2.30. The number of sulfone groups is 1. The van der Waals surface area contributed by atoms with Crippen LogP contribution >= 0.6 is 0 Å². The van der Waals surface area contributed by atoms with Crippen LogP contribution in [0.2, 0.25) is 0 Å². The number of hydrogen-bond acceptors (Lipinski definition) is 6. The summed E-state index contributed by atoms with van der Waals surface area (Å²) in [5.41, 5.74) is 1.08. The van der Waals surface area contributed by atoms with Crippen LogP contribution in [0.5, 0.6) is 0 Å². The number of rotatable bonds is 4. The molecule has 1 aromatic rings. The lowest BCUT2D eigenvalue weighted by Crippen LogP contribution is -2.41. The van der Waals surface area contributed by atoms with Gasteiger partial charge in [-0.15, -0.1) is 0 Å². The van der Waals surface area contributed by atoms with Crippen molar-refractivity contribution in [3.63, 3.8) is 0 Å². The number of nitrogens with zero attached hydrogens (tertiary/aromatic N) is 3. The maximum absolute atomic E-state index is 11.5. The first-order chi connectivity index (χ1) is 9.07. The third-order valence-corrected chi connectivity index (χ3v) is 4.91. The largest absolute Gasteiger partial charge is 0.373 e. The molecule has 7 heteroatoms. The monoisotopic (exact) mass is 284 g/mol. The lowest BCUT2D eigenvalue weighted by Gasteiger charge is -2.29. The highest BCUT2D eigenvalue weighted by atomic mass is 32.2. The molecule has 0 aliphatic carbocycles. The minimum Gasteiger partial charge on any atom is -0.373 e. The van der Waals surface area contributed by atoms with E-state index in [1.165, 1.54) is 6.33 Å². The van der Waals surface area contributed by atoms with Crippen molar-refractivity contribution in [2.45, 2.75) is 19.8 Å². The molecule has 1 N–H and O–H groups in total. The van der Waals surface area contributed by atoms with Crippen molar-refractivity contribution in [3.05, 3.63) is 11.9 Å². The van der Waals surface area contributed by atoms with E-state index < -0.39 is 9.84 Å². The average molecular weight is 284 g/mol. The van der Waals surface area contributed by atoms with E-state index in [9.17, 15) is 8.42 Å². The summed E-state index contributed by atoms with van der Waals surface area (Å²) in [6.45, 7) is 3.13. The second-order valence-corrected chi connectivity index (χ2v) is 6.97. The van der Waals surface area contributed by atoms with Crippen LogP contribution in [0.25, 0.3) is 0 Å². The first kappa shape index (κ1) is 14.0. The second-order valence-electron chi connectivity index (χ2n) is 4.66. The maximum atomic E-state index is 11.5. The van der Waals surface area contributed by atoms with Crippen LogP contribution < -0.4 is 10.2 Å². The standard InChI is InChI=1S/C12H20N4O2S/c1-3-4-10-11(13-2)14-9-15-12(10)16-5-7-19(17,18)8-6-16/h9H,3-8H2,1-2H3,(H,13,14,15). The molecule has 2 rings (SSSR count). The first-order valence-corrected chi connectivity index (χ1v) is 8.36. The highest BCUT2D eigenvalue weighted by Crippen LogP contribution is 2.25. The molecule has 106 valence electrons. The molecular formula is C12H20N4O2S. The van der Waals surface area contributed by atoms with Gasteiger partial charge < -0.3 is 10.2 Å². The van der Waals surface area contributed by atoms with Crippen LogP contribution in [0, 0.1) is 0 Å². The molecule has 1 fully saturated rings. The molecule has 2 heterocycles. The van der Waals surface area contributed by atoms with Crippen LogP contribution in [0.15, 0.2) is 6.33 Å². The summed E-state index contributed by atoms with van der Waals surface area (Å²) in [5, 5.41) is 3.08. The summed E-state index contributed by atoms with van der Waals surface area (Å²) < 4.78 is 23.0. The number of aromatic nitrogens is 2. The molecule has 1 aliphatic rings. The van der Waals surface area contributed by atoms with Gasteiger partial charge in [0.2, 0.25) is 0 Å². The zero-order chi connectivity index (χ0) is 13.9. The third kappa shape index (κ3) is 3.15. The van der Waals surface area contributed by atoms with Crippen LogP contribution in [-0.4, -0.2) is 50.0 Å². The van der Waals surface area contributed by atoms with E-state index >= 15 is 0 Å². The molecule has 6 nitrogen and oxygen atoms in total. The minimum absolute atomic E-state index is 0.206. The Labute approximate surface area is 114 Å². The van der Waals surface area contributed by atoms with Gasteiger partial charge >= 0.3 is 0 Å². The van der Waals surface area contributed by atoms with E-state index in [-0.39, 0.29) is 11.5 Å². The molecule has 0 aromatic carbocycles. The summed E-state index contributed by atoms with van der Waals surface area (Å²) in [5.74, 6) is 2.12. The molecule has 0 atom stereocenters. The smallest absolute Gasteiger partial charge is 0.153 e. The predicted octanol–water partition coefficient (Wildman–Crippen LogP) is 0.706. The van der Waals surface area contributed by atoms with E-state index in [4.69, 9.17) is 0 Å². The Bertz CT molecular complexity index is 531. The van der Waals surface area contributed by atoms with Gasteiger partial charge in [0.1, 0.15) is 18.0 Å². The van der Waals surface area contributed by atoms with Gasteiger partial charge in [0.05, 0.1) is 11.5 Å². The number of hydrogen-bond donors (Lipinski definition) is 1. The molecule has 1 aromatic heterocycles. The fraction of sp³-hybridized carbons (Fsp3) is 0.667. The molecule has 0 amide bonds. The van der Waals surface area contributed by atoms with Crippen molar-refractivity contribution in [2.24, 2.45) is 0 Å². The predicted molar refractivity (Wildman–Crippen MR) is 76.4 cm³/mol. The van der Waals surface area contributed by atoms with Gasteiger partial charge in [0.25, 0.3) is 0 Å². The van der Waals surface area contributed by atoms with E-state index in [0.29, 0.717) is 13.1 Å². The van der Waals surface area contributed by atoms with Crippen LogP contribution in [-0.2, 0) is 16.3 Å². The zero-order valence-corrected chi connectivity index (χ0v) is 12.2. The van der Waals surface area contributed by atoms with E-state index in [2.05, 4.69) is 27.1 Å². The van der Waals surface area contributed by atoms with E-state index in [1.807, 2.05) is 7.05 Å². The zero-order valence-electron chi connectivity index (χ0n) is 11.4. The molecular weight excluding hydrogens is 264 g/mol. The molecule has 0 radical (unpaired) electrons. The lowest BCUT2D eigenvalue weighted by molar-refractivity contribution is 0.586. The maximum Gasteiger partial charge on any atom is 0.153 e. The van der Waals surface area contributed by atoms with E-state index in [1.54, 1.807) is 0 Å². The molecule has 0 spiro atoms. The lowest BCUT2D eigenvalue weighted by atomic mass is 10.1. The molecule has 19 heavy (non-hydrogen) atoms. The Morgan fingerprint density at radius 1 is 1.32 bits per heavy atom.